The van der Waals surface area contributed by atoms with Crippen molar-refractivity contribution in [1.29, 1.82) is 0 Å². The van der Waals surface area contributed by atoms with Gasteiger partial charge < -0.3 is 10.4 Å². The van der Waals surface area contributed by atoms with Crippen molar-refractivity contribution < 1.29 is 27.9 Å². The van der Waals surface area contributed by atoms with E-state index in [4.69, 9.17) is 16.7 Å². The van der Waals surface area contributed by atoms with E-state index >= 15 is 0 Å². The Labute approximate surface area is 163 Å². The molecule has 2 aromatic carbocycles. The van der Waals surface area contributed by atoms with E-state index in [2.05, 4.69) is 15.8 Å². The monoisotopic (exact) mass is 413 g/mol. The number of halogens is 4. The molecule has 28 heavy (non-hydrogen) atoms. The van der Waals surface area contributed by atoms with Gasteiger partial charge in [-0.15, -0.1) is 0 Å². The van der Waals surface area contributed by atoms with E-state index < -0.39 is 23.6 Å². The molecule has 10 heteroatoms. The zero-order valence-corrected chi connectivity index (χ0v) is 15.0. The summed E-state index contributed by atoms with van der Waals surface area (Å²) in [7, 11) is 0. The van der Waals surface area contributed by atoms with Crippen LogP contribution in [0.5, 0.6) is 5.75 Å². The van der Waals surface area contributed by atoms with Crippen LogP contribution < -0.4 is 10.7 Å². The number of alkyl halides is 3. The third-order valence-corrected chi connectivity index (χ3v) is 3.77. The van der Waals surface area contributed by atoms with Crippen LogP contribution in [0.4, 0.5) is 18.9 Å². The number of hydrazone groups is 1. The Balaban J connectivity index is 1.83. The van der Waals surface area contributed by atoms with E-state index in [1.165, 1.54) is 18.3 Å². The van der Waals surface area contributed by atoms with Crippen LogP contribution in [0, 0.1) is 0 Å². The van der Waals surface area contributed by atoms with Gasteiger partial charge in [-0.05, 0) is 48.0 Å². The largest absolute Gasteiger partial charge is 0.508 e. The molecule has 148 valence electrons. The van der Waals surface area contributed by atoms with E-state index in [-0.39, 0.29) is 29.3 Å². The Hall–Kier alpha value is -3.07. The molecule has 3 N–H and O–H groups in total. The molecule has 0 heterocycles. The summed E-state index contributed by atoms with van der Waals surface area (Å²) >= 11 is 5.79. The fourth-order valence-corrected chi connectivity index (χ4v) is 2.20. The third kappa shape index (κ3) is 6.58. The van der Waals surface area contributed by atoms with E-state index in [0.717, 1.165) is 18.2 Å². The minimum atomic E-state index is -4.57. The Morgan fingerprint density at radius 2 is 1.71 bits per heavy atom. The maximum Gasteiger partial charge on any atom is 0.416 e. The van der Waals surface area contributed by atoms with Crippen molar-refractivity contribution in [3.05, 3.63) is 58.6 Å². The van der Waals surface area contributed by atoms with E-state index in [1.54, 1.807) is 12.1 Å². The first kappa shape index (κ1) is 21.2. The Bertz CT molecular complexity index is 884. The van der Waals surface area contributed by atoms with E-state index in [1.807, 2.05) is 0 Å². The van der Waals surface area contributed by atoms with Gasteiger partial charge in [-0.25, -0.2) is 5.43 Å². The fraction of sp³-hybridized carbons (Fsp3) is 0.167. The maximum atomic E-state index is 12.7. The molecular weight excluding hydrogens is 399 g/mol. The van der Waals surface area contributed by atoms with Gasteiger partial charge in [-0.2, -0.15) is 18.3 Å². The van der Waals surface area contributed by atoms with Gasteiger partial charge in [0.05, 0.1) is 22.5 Å². The van der Waals surface area contributed by atoms with Gasteiger partial charge in [0.25, 0.3) is 0 Å². The summed E-state index contributed by atoms with van der Waals surface area (Å²) in [4.78, 5) is 23.5. The van der Waals surface area contributed by atoms with Crippen LogP contribution in [0.25, 0.3) is 0 Å². The fourth-order valence-electron chi connectivity index (χ4n) is 2.03. The molecule has 6 nitrogen and oxygen atoms in total. The van der Waals surface area contributed by atoms with Gasteiger partial charge in [0, 0.05) is 12.8 Å². The number of amides is 2. The third-order valence-electron chi connectivity index (χ3n) is 3.44. The molecule has 2 amide bonds. The highest BCUT2D eigenvalue weighted by molar-refractivity contribution is 6.33. The number of hydrogen-bond acceptors (Lipinski definition) is 4. The minimum Gasteiger partial charge on any atom is -0.508 e. The summed E-state index contributed by atoms with van der Waals surface area (Å²) in [5.74, 6) is -1.13. The van der Waals surface area contributed by atoms with Gasteiger partial charge in [-0.3, -0.25) is 9.59 Å². The lowest BCUT2D eigenvalue weighted by Gasteiger charge is -2.11. The van der Waals surface area contributed by atoms with Crippen LogP contribution in [0.2, 0.25) is 5.02 Å². The summed E-state index contributed by atoms with van der Waals surface area (Å²) in [5, 5.41) is 15.1. The lowest BCUT2D eigenvalue weighted by Crippen LogP contribution is -2.21. The highest BCUT2D eigenvalue weighted by Gasteiger charge is 2.31. The predicted octanol–water partition coefficient (Wildman–Crippen LogP) is 3.93. The second-order valence-electron chi connectivity index (χ2n) is 5.63. The van der Waals surface area contributed by atoms with Crippen molar-refractivity contribution in [2.75, 3.05) is 5.32 Å². The van der Waals surface area contributed by atoms with Crippen molar-refractivity contribution in [2.24, 2.45) is 5.10 Å². The number of hydrogen-bond donors (Lipinski definition) is 3. The SMILES string of the molecule is O=C(CCC(=O)Nc1cc(C(F)(F)F)ccc1Cl)NN=Cc1ccc(O)cc1. The number of benzene rings is 2. The number of carbonyl (C=O) groups excluding carboxylic acids is 2. The van der Waals surface area contributed by atoms with Crippen LogP contribution in [-0.2, 0) is 15.8 Å². The number of aromatic hydroxyl groups is 1. The average Bonchev–Trinajstić information content (AvgIpc) is 2.62. The van der Waals surface area contributed by atoms with Crippen molar-refractivity contribution in [2.45, 2.75) is 19.0 Å². The lowest BCUT2D eigenvalue weighted by atomic mass is 10.2. The van der Waals surface area contributed by atoms with E-state index in [9.17, 15) is 22.8 Å². The summed E-state index contributed by atoms with van der Waals surface area (Å²) in [6.07, 6.45) is -3.72. The Morgan fingerprint density at radius 3 is 2.36 bits per heavy atom. The van der Waals surface area contributed by atoms with Gasteiger partial charge in [0.15, 0.2) is 0 Å². The molecule has 0 aliphatic carbocycles. The van der Waals surface area contributed by atoms with Crippen molar-refractivity contribution in [3.8, 4) is 5.75 Å². The molecule has 2 rings (SSSR count). The highest BCUT2D eigenvalue weighted by Crippen LogP contribution is 2.33. The Kier molecular flexibility index (Phi) is 7.00. The number of nitrogens with one attached hydrogen (secondary N) is 2. The number of rotatable bonds is 6. The first-order valence-corrected chi connectivity index (χ1v) is 8.30. The number of nitrogens with zero attached hydrogens (tertiary/aromatic N) is 1. The molecular formula is C18H15ClF3N3O3. The topological polar surface area (TPSA) is 90.8 Å². The van der Waals surface area contributed by atoms with Crippen LogP contribution in [0.1, 0.15) is 24.0 Å². The molecule has 0 unspecified atom stereocenters. The molecule has 0 spiro atoms. The lowest BCUT2D eigenvalue weighted by molar-refractivity contribution is -0.137. The molecule has 0 aliphatic rings. The standard InChI is InChI=1S/C18H15ClF3N3O3/c19-14-6-3-12(18(20,21)22)9-15(14)24-16(27)7-8-17(28)25-23-10-11-1-4-13(26)5-2-11/h1-6,9-10,26H,7-8H2,(H,24,27)(H,25,28). The zero-order valence-electron chi connectivity index (χ0n) is 14.3. The van der Waals surface area contributed by atoms with Crippen molar-refractivity contribution >= 4 is 35.3 Å². The molecule has 2 aromatic rings. The summed E-state index contributed by atoms with van der Waals surface area (Å²) in [6, 6.07) is 8.62. The highest BCUT2D eigenvalue weighted by atomic mass is 35.5. The number of anilines is 1. The van der Waals surface area contributed by atoms with Crippen LogP contribution in [-0.4, -0.2) is 23.1 Å². The number of phenols is 1. The summed E-state index contributed by atoms with van der Waals surface area (Å²) < 4.78 is 38.2. The first-order chi connectivity index (χ1) is 13.1. The normalized spacial score (nSPS) is 11.4. The zero-order chi connectivity index (χ0) is 20.7. The van der Waals surface area contributed by atoms with Crippen molar-refractivity contribution in [1.82, 2.24) is 5.43 Å². The van der Waals surface area contributed by atoms with Gasteiger partial charge >= 0.3 is 6.18 Å². The molecule has 0 aromatic heterocycles. The van der Waals surface area contributed by atoms with Gasteiger partial charge in [0.1, 0.15) is 5.75 Å². The van der Waals surface area contributed by atoms with Crippen molar-refractivity contribution in [3.63, 3.8) is 0 Å². The molecule has 0 radical (unpaired) electrons. The minimum absolute atomic E-state index is 0.0516. The summed E-state index contributed by atoms with van der Waals surface area (Å²) in [6.45, 7) is 0. The molecule has 0 aliphatic heterocycles. The number of carbonyl (C=O) groups is 2. The second kappa shape index (κ2) is 9.23. The molecule has 0 atom stereocenters. The maximum absolute atomic E-state index is 12.7. The van der Waals surface area contributed by atoms with Crippen LogP contribution in [0.15, 0.2) is 47.6 Å². The van der Waals surface area contributed by atoms with Crippen LogP contribution in [0.3, 0.4) is 0 Å². The van der Waals surface area contributed by atoms with Crippen LogP contribution >= 0.6 is 11.6 Å². The smallest absolute Gasteiger partial charge is 0.416 e. The quantitative estimate of drug-likeness (QED) is 0.495. The molecule has 0 bridgehead atoms. The first-order valence-electron chi connectivity index (χ1n) is 7.92. The van der Waals surface area contributed by atoms with Gasteiger partial charge in [0.2, 0.25) is 11.8 Å². The summed E-state index contributed by atoms with van der Waals surface area (Å²) in [5.41, 5.74) is 1.71. The molecule has 0 fully saturated rings. The van der Waals surface area contributed by atoms with Gasteiger partial charge in [-0.1, -0.05) is 11.6 Å². The second-order valence-corrected chi connectivity index (χ2v) is 6.03. The molecule has 0 saturated carbocycles. The molecule has 0 saturated heterocycles. The average molecular weight is 414 g/mol. The Morgan fingerprint density at radius 1 is 1.07 bits per heavy atom. The number of phenolic OH excluding ortho intramolecular Hbond substituents is 1. The predicted molar refractivity (Wildman–Crippen MR) is 98.2 cm³/mol. The van der Waals surface area contributed by atoms with E-state index in [0.29, 0.717) is 5.56 Å².